The Balaban J connectivity index is 1.41. The Bertz CT molecular complexity index is 1720. The first-order chi connectivity index (χ1) is 20.6. The molecule has 1 N–H and O–H groups in total. The molecule has 42 heavy (non-hydrogen) atoms. The van der Waals surface area contributed by atoms with Crippen LogP contribution in [0.2, 0.25) is 0 Å². The topological polar surface area (TPSA) is 97.0 Å². The number of morpholine rings is 1. The number of aromatic nitrogens is 2. The molecule has 0 bridgehead atoms. The van der Waals surface area contributed by atoms with Gasteiger partial charge in [0.15, 0.2) is 0 Å². The second-order valence-electron chi connectivity index (χ2n) is 11.4. The Labute approximate surface area is 248 Å². The van der Waals surface area contributed by atoms with Crippen LogP contribution >= 0.6 is 11.8 Å². The smallest absolute Gasteiger partial charge is 0.335 e. The van der Waals surface area contributed by atoms with Gasteiger partial charge in [0.2, 0.25) is 5.91 Å². The molecule has 3 aliphatic rings. The van der Waals surface area contributed by atoms with Crippen molar-refractivity contribution in [2.75, 3.05) is 38.6 Å². The van der Waals surface area contributed by atoms with E-state index in [1.807, 2.05) is 17.0 Å². The Kier molecular flexibility index (Phi) is 7.46. The number of carbonyl (C=O) groups excluding carboxylic acids is 1. The minimum absolute atomic E-state index is 0.0225. The Hall–Kier alpha value is -3.69. The minimum Gasteiger partial charge on any atom is -0.478 e. The van der Waals surface area contributed by atoms with Gasteiger partial charge in [-0.15, -0.1) is 11.8 Å². The van der Waals surface area contributed by atoms with E-state index in [1.54, 1.807) is 23.9 Å². The van der Waals surface area contributed by atoms with Gasteiger partial charge < -0.3 is 19.3 Å². The molecule has 1 amide bonds. The van der Waals surface area contributed by atoms with Gasteiger partial charge in [0.25, 0.3) is 0 Å². The molecule has 0 atom stereocenters. The highest BCUT2D eigenvalue weighted by molar-refractivity contribution is 8.14. The van der Waals surface area contributed by atoms with E-state index in [1.165, 1.54) is 24.8 Å². The lowest BCUT2D eigenvalue weighted by Gasteiger charge is -2.28. The molecule has 0 radical (unpaired) electrons. The molecule has 2 aliphatic heterocycles. The molecule has 216 valence electrons. The van der Waals surface area contributed by atoms with Crippen LogP contribution in [-0.4, -0.2) is 75.1 Å². The van der Waals surface area contributed by atoms with E-state index in [4.69, 9.17) is 9.72 Å². The van der Waals surface area contributed by atoms with Crippen molar-refractivity contribution in [3.8, 4) is 11.3 Å². The zero-order valence-corrected chi connectivity index (χ0v) is 24.4. The number of hydrogen-bond acceptors (Lipinski definition) is 6. The summed E-state index contributed by atoms with van der Waals surface area (Å²) in [7, 11) is 0. The van der Waals surface area contributed by atoms with Crippen LogP contribution < -0.4 is 0 Å². The number of fused-ring (bicyclic) bond motifs is 2. The molecule has 4 heterocycles. The lowest BCUT2D eigenvalue weighted by atomic mass is 9.81. The van der Waals surface area contributed by atoms with Gasteiger partial charge in [-0.2, -0.15) is 0 Å². The molecule has 1 saturated heterocycles. The highest BCUT2D eigenvalue weighted by atomic mass is 32.2. The molecular weight excluding hydrogens is 548 g/mol. The first kappa shape index (κ1) is 27.2. The van der Waals surface area contributed by atoms with Crippen LogP contribution in [0.3, 0.4) is 0 Å². The van der Waals surface area contributed by atoms with Gasteiger partial charge in [0, 0.05) is 36.2 Å². The first-order valence-corrected chi connectivity index (χ1v) is 15.9. The van der Waals surface area contributed by atoms with E-state index < -0.39 is 5.97 Å². The lowest BCUT2D eigenvalue weighted by Crippen LogP contribution is -2.42. The molecule has 0 spiro atoms. The van der Waals surface area contributed by atoms with Crippen molar-refractivity contribution in [2.24, 2.45) is 4.99 Å². The summed E-state index contributed by atoms with van der Waals surface area (Å²) in [6.45, 7) is 3.18. The summed E-state index contributed by atoms with van der Waals surface area (Å²) in [6.07, 6.45) is 5.74. The third-order valence-electron chi connectivity index (χ3n) is 8.79. The number of rotatable bonds is 6. The number of nitrogens with zero attached hydrogens (tertiary/aromatic N) is 4. The second kappa shape index (κ2) is 11.5. The van der Waals surface area contributed by atoms with Crippen LogP contribution in [0.25, 0.3) is 33.1 Å². The summed E-state index contributed by atoms with van der Waals surface area (Å²) in [6, 6.07) is 15.9. The van der Waals surface area contributed by atoms with E-state index in [-0.39, 0.29) is 18.0 Å². The Morgan fingerprint density at radius 2 is 1.83 bits per heavy atom. The number of benzene rings is 2. The summed E-state index contributed by atoms with van der Waals surface area (Å²) in [5.41, 5.74) is 6.12. The monoisotopic (exact) mass is 582 g/mol. The van der Waals surface area contributed by atoms with Gasteiger partial charge in [-0.3, -0.25) is 9.79 Å². The van der Waals surface area contributed by atoms with Crippen LogP contribution in [0.4, 0.5) is 0 Å². The number of hydrogen-bond donors (Lipinski definition) is 1. The number of carboxylic acids is 1. The summed E-state index contributed by atoms with van der Waals surface area (Å²) in [5, 5.41) is 12.9. The van der Waals surface area contributed by atoms with Crippen LogP contribution in [0.15, 0.2) is 53.5 Å². The molecule has 1 aliphatic carbocycles. The predicted molar refractivity (Wildman–Crippen MR) is 167 cm³/mol. The van der Waals surface area contributed by atoms with Crippen molar-refractivity contribution < 1.29 is 19.4 Å². The van der Waals surface area contributed by atoms with Gasteiger partial charge in [0.05, 0.1) is 41.2 Å². The number of carboxylic acid groups (broad SMARTS) is 1. The molecule has 2 aromatic carbocycles. The van der Waals surface area contributed by atoms with E-state index in [0.29, 0.717) is 32.2 Å². The van der Waals surface area contributed by atoms with Gasteiger partial charge in [0.1, 0.15) is 11.6 Å². The van der Waals surface area contributed by atoms with Crippen molar-refractivity contribution >= 4 is 50.5 Å². The maximum atomic E-state index is 13.7. The lowest BCUT2D eigenvalue weighted by molar-refractivity contribution is -0.135. The summed E-state index contributed by atoms with van der Waals surface area (Å²) in [5.74, 6) is 0.395. The highest BCUT2D eigenvalue weighted by Gasteiger charge is 2.29. The largest absolute Gasteiger partial charge is 0.478 e. The molecule has 2 aromatic heterocycles. The molecule has 9 heteroatoms. The Morgan fingerprint density at radius 1 is 1.00 bits per heavy atom. The average molecular weight is 583 g/mol. The summed E-state index contributed by atoms with van der Waals surface area (Å²) in [4.78, 5) is 37.1. The molecule has 2 fully saturated rings. The molecule has 7 rings (SSSR count). The fourth-order valence-corrected chi connectivity index (χ4v) is 7.54. The van der Waals surface area contributed by atoms with Gasteiger partial charge in [-0.1, -0.05) is 37.5 Å². The zero-order chi connectivity index (χ0) is 28.6. The highest BCUT2D eigenvalue weighted by Crippen LogP contribution is 2.45. The molecule has 4 aromatic rings. The quantitative estimate of drug-likeness (QED) is 0.302. The zero-order valence-electron chi connectivity index (χ0n) is 23.6. The van der Waals surface area contributed by atoms with Crippen LogP contribution in [0.1, 0.15) is 59.6 Å². The van der Waals surface area contributed by atoms with Gasteiger partial charge in [-0.25, -0.2) is 9.78 Å². The number of aromatic carboxylic acids is 1. The second-order valence-corrected chi connectivity index (χ2v) is 12.4. The van der Waals surface area contributed by atoms with Crippen molar-refractivity contribution in [1.82, 2.24) is 14.5 Å². The maximum Gasteiger partial charge on any atom is 0.335 e. The fraction of sp³-hybridized carbons (Fsp3) is 0.394. The number of carbonyl (C=O) groups is 2. The minimum atomic E-state index is -0.970. The number of ether oxygens (including phenoxy) is 1. The normalized spacial score (nSPS) is 18.1. The van der Waals surface area contributed by atoms with Crippen LogP contribution in [0.5, 0.6) is 0 Å². The van der Waals surface area contributed by atoms with E-state index in [0.717, 1.165) is 68.9 Å². The van der Waals surface area contributed by atoms with Crippen LogP contribution in [-0.2, 0) is 16.1 Å². The fourth-order valence-electron chi connectivity index (χ4n) is 6.72. The third kappa shape index (κ3) is 5.09. The van der Waals surface area contributed by atoms with Crippen molar-refractivity contribution in [2.45, 2.75) is 44.6 Å². The number of pyridine rings is 1. The van der Waals surface area contributed by atoms with E-state index >= 15 is 0 Å². The van der Waals surface area contributed by atoms with E-state index in [2.05, 4.69) is 33.8 Å². The SMILES string of the molecule is O=C(O)c1ccc2c(C3CCCCC3)c(-c3ccc4nc(C5=NCCS5)ccc4c3)n(CC(=O)N3CCOCC3)c2c1. The van der Waals surface area contributed by atoms with Gasteiger partial charge in [-0.05, 0) is 60.2 Å². The van der Waals surface area contributed by atoms with Crippen molar-refractivity contribution in [3.63, 3.8) is 0 Å². The first-order valence-electron chi connectivity index (χ1n) is 14.9. The van der Waals surface area contributed by atoms with Crippen LogP contribution in [0, 0.1) is 0 Å². The Morgan fingerprint density at radius 3 is 2.60 bits per heavy atom. The standard InChI is InChI=1S/C33H34N4O4S/c38-29(36-13-15-41-16-14-36)20-37-28-19-24(33(39)40)6-9-25(28)30(21-4-2-1-3-5-21)31(37)23-8-10-26-22(18-23)7-11-27(35-26)32-34-12-17-42-32/h6-11,18-19,21H,1-5,12-17,20H2,(H,39,40). The summed E-state index contributed by atoms with van der Waals surface area (Å²) < 4.78 is 7.57. The molecule has 1 saturated carbocycles. The molecular formula is C33H34N4O4S. The van der Waals surface area contributed by atoms with Crippen molar-refractivity contribution in [3.05, 3.63) is 65.4 Å². The van der Waals surface area contributed by atoms with Gasteiger partial charge >= 0.3 is 5.97 Å². The summed E-state index contributed by atoms with van der Waals surface area (Å²) >= 11 is 1.75. The van der Waals surface area contributed by atoms with Crippen molar-refractivity contribution in [1.29, 1.82) is 0 Å². The average Bonchev–Trinajstić information content (AvgIpc) is 3.68. The predicted octanol–water partition coefficient (Wildman–Crippen LogP) is 5.95. The molecule has 8 nitrogen and oxygen atoms in total. The van der Waals surface area contributed by atoms with E-state index in [9.17, 15) is 14.7 Å². The maximum absolute atomic E-state index is 13.7. The third-order valence-corrected chi connectivity index (χ3v) is 9.79. The molecule has 0 unspecified atom stereocenters. The number of amides is 1. The number of thioether (sulfide) groups is 1. The number of aliphatic imine (C=N–C) groups is 1.